The summed E-state index contributed by atoms with van der Waals surface area (Å²) in [6.45, 7) is 5.15. The zero-order valence-corrected chi connectivity index (χ0v) is 13.6. The molecule has 21 heavy (non-hydrogen) atoms. The number of hydrogen-bond donors (Lipinski definition) is 0. The number of carbonyl (C=O) groups is 3. The first-order chi connectivity index (χ1) is 9.54. The lowest BCUT2D eigenvalue weighted by Crippen LogP contribution is -2.23. The third-order valence-corrected chi connectivity index (χ3v) is 2.50. The molecule has 0 aliphatic carbocycles. The summed E-state index contributed by atoms with van der Waals surface area (Å²) < 4.78 is 9.32. The summed E-state index contributed by atoms with van der Waals surface area (Å²) >= 11 is 0. The van der Waals surface area contributed by atoms with E-state index in [-0.39, 0.29) is 16.9 Å². The summed E-state index contributed by atoms with van der Waals surface area (Å²) in [7, 11) is 5.75. The second kappa shape index (κ2) is 7.61. The van der Waals surface area contributed by atoms with Gasteiger partial charge in [-0.15, -0.1) is 0 Å². The summed E-state index contributed by atoms with van der Waals surface area (Å²) in [6, 6.07) is 0. The maximum Gasteiger partial charge on any atom is 0.340 e. The Bertz CT molecular complexity index is 481. The van der Waals surface area contributed by atoms with Crippen LogP contribution in [0.4, 0.5) is 0 Å². The van der Waals surface area contributed by atoms with Crippen LogP contribution in [0, 0.1) is 5.41 Å². The maximum absolute atomic E-state index is 12.1. The number of methoxy groups -OCH3 is 2. The van der Waals surface area contributed by atoms with Crippen molar-refractivity contribution in [2.24, 2.45) is 5.41 Å². The van der Waals surface area contributed by atoms with E-state index in [9.17, 15) is 14.4 Å². The van der Waals surface area contributed by atoms with Crippen LogP contribution < -0.4 is 0 Å². The van der Waals surface area contributed by atoms with E-state index in [1.807, 2.05) is 0 Å². The Morgan fingerprint density at radius 2 is 1.33 bits per heavy atom. The molecule has 0 aliphatic rings. The minimum Gasteiger partial charge on any atom is -0.465 e. The molecule has 0 aromatic rings. The number of hydrogen-bond acceptors (Lipinski definition) is 6. The molecular formula is C15H23NO5. The molecule has 0 N–H and O–H groups in total. The van der Waals surface area contributed by atoms with Crippen LogP contribution in [-0.2, 0) is 23.9 Å². The molecule has 0 atom stereocenters. The highest BCUT2D eigenvalue weighted by Gasteiger charge is 2.27. The first-order valence-corrected chi connectivity index (χ1v) is 6.36. The number of nitrogens with zero attached hydrogens (tertiary/aromatic N) is 1. The van der Waals surface area contributed by atoms with Crippen molar-refractivity contribution in [3.8, 4) is 0 Å². The number of ether oxygens (including phenoxy) is 2. The first kappa shape index (κ1) is 18.9. The molecule has 0 heterocycles. The molecular weight excluding hydrogens is 274 g/mol. The number of allylic oxidation sites excluding steroid dienone is 1. The molecule has 0 fully saturated rings. The van der Waals surface area contributed by atoms with E-state index >= 15 is 0 Å². The predicted octanol–water partition coefficient (Wildman–Crippen LogP) is 1.32. The van der Waals surface area contributed by atoms with Crippen molar-refractivity contribution in [2.75, 3.05) is 28.3 Å². The topological polar surface area (TPSA) is 72.9 Å². The molecule has 0 aliphatic heterocycles. The Labute approximate surface area is 125 Å². The molecule has 0 spiro atoms. The Hall–Kier alpha value is -2.11. The molecule has 0 saturated heterocycles. The molecule has 6 heteroatoms. The van der Waals surface area contributed by atoms with Gasteiger partial charge in [-0.05, 0) is 6.08 Å². The minimum atomic E-state index is -0.772. The quantitative estimate of drug-likeness (QED) is 0.433. The van der Waals surface area contributed by atoms with Gasteiger partial charge in [0.05, 0.1) is 25.4 Å². The van der Waals surface area contributed by atoms with Gasteiger partial charge in [-0.2, -0.15) is 0 Å². The van der Waals surface area contributed by atoms with E-state index in [1.165, 1.54) is 20.4 Å². The van der Waals surface area contributed by atoms with Crippen LogP contribution in [0.5, 0.6) is 0 Å². The summed E-state index contributed by atoms with van der Waals surface area (Å²) in [5.74, 6) is -1.79. The standard InChI is InChI=1S/C15H23NO5/c1-15(2,3)12(17)8-10(13(18)20-6)11(9-16(4)5)14(19)21-7/h8-9H,1-7H3/b10-8+,11-9+. The van der Waals surface area contributed by atoms with Gasteiger partial charge in [0.25, 0.3) is 0 Å². The van der Waals surface area contributed by atoms with Crippen LogP contribution in [0.15, 0.2) is 23.4 Å². The zero-order valence-electron chi connectivity index (χ0n) is 13.6. The van der Waals surface area contributed by atoms with E-state index in [4.69, 9.17) is 0 Å². The predicted molar refractivity (Wildman–Crippen MR) is 78.3 cm³/mol. The smallest absolute Gasteiger partial charge is 0.340 e. The van der Waals surface area contributed by atoms with Crippen molar-refractivity contribution in [3.05, 3.63) is 23.4 Å². The molecule has 0 unspecified atom stereocenters. The lowest BCUT2D eigenvalue weighted by molar-refractivity contribution is -0.139. The van der Waals surface area contributed by atoms with Gasteiger partial charge in [0.1, 0.15) is 0 Å². The van der Waals surface area contributed by atoms with E-state index < -0.39 is 17.4 Å². The maximum atomic E-state index is 12.1. The monoisotopic (exact) mass is 297 g/mol. The summed E-state index contributed by atoms with van der Waals surface area (Å²) in [4.78, 5) is 37.5. The molecule has 0 saturated carbocycles. The highest BCUT2D eigenvalue weighted by molar-refractivity contribution is 6.11. The Kier molecular flexibility index (Phi) is 6.85. The second-order valence-corrected chi connectivity index (χ2v) is 5.66. The summed E-state index contributed by atoms with van der Waals surface area (Å²) in [5.41, 5.74) is -0.844. The lowest BCUT2D eigenvalue weighted by atomic mass is 9.88. The number of ketones is 1. The van der Waals surface area contributed by atoms with Crippen molar-refractivity contribution in [1.29, 1.82) is 0 Å². The highest BCUT2D eigenvalue weighted by atomic mass is 16.5. The average Bonchev–Trinajstić information content (AvgIpc) is 2.39. The molecule has 6 nitrogen and oxygen atoms in total. The van der Waals surface area contributed by atoms with Gasteiger partial charge in [0.15, 0.2) is 5.78 Å². The van der Waals surface area contributed by atoms with Gasteiger partial charge in [0, 0.05) is 25.7 Å². The van der Waals surface area contributed by atoms with Gasteiger partial charge in [-0.3, -0.25) is 4.79 Å². The number of carbonyl (C=O) groups excluding carboxylic acids is 3. The fourth-order valence-corrected chi connectivity index (χ4v) is 1.30. The van der Waals surface area contributed by atoms with Crippen molar-refractivity contribution in [2.45, 2.75) is 20.8 Å². The Balaban J connectivity index is 6.01. The molecule has 0 amide bonds. The largest absolute Gasteiger partial charge is 0.465 e. The highest BCUT2D eigenvalue weighted by Crippen LogP contribution is 2.20. The molecule has 0 bridgehead atoms. The number of rotatable bonds is 5. The molecule has 0 radical (unpaired) electrons. The van der Waals surface area contributed by atoms with E-state index in [0.29, 0.717) is 0 Å². The number of esters is 2. The van der Waals surface area contributed by atoms with Crippen molar-refractivity contribution in [3.63, 3.8) is 0 Å². The lowest BCUT2D eigenvalue weighted by Gasteiger charge is -2.16. The third kappa shape index (κ3) is 5.81. The summed E-state index contributed by atoms with van der Waals surface area (Å²) in [6.07, 6.45) is 2.53. The van der Waals surface area contributed by atoms with Gasteiger partial charge in [-0.25, -0.2) is 9.59 Å². The Morgan fingerprint density at radius 3 is 1.67 bits per heavy atom. The average molecular weight is 297 g/mol. The van der Waals surface area contributed by atoms with E-state index in [1.54, 1.807) is 39.8 Å². The normalized spacial score (nSPS) is 12.7. The van der Waals surface area contributed by atoms with Crippen LogP contribution in [0.2, 0.25) is 0 Å². The van der Waals surface area contributed by atoms with Gasteiger partial charge in [0.2, 0.25) is 0 Å². The van der Waals surface area contributed by atoms with Crippen LogP contribution in [-0.4, -0.2) is 50.9 Å². The minimum absolute atomic E-state index is 0.0352. The van der Waals surface area contributed by atoms with Gasteiger partial charge < -0.3 is 14.4 Å². The van der Waals surface area contributed by atoms with E-state index in [0.717, 1.165) is 6.08 Å². The summed E-state index contributed by atoms with van der Waals surface area (Å²) in [5, 5.41) is 0. The van der Waals surface area contributed by atoms with Crippen LogP contribution >= 0.6 is 0 Å². The van der Waals surface area contributed by atoms with Crippen molar-refractivity contribution < 1.29 is 23.9 Å². The molecule has 0 rings (SSSR count). The first-order valence-electron chi connectivity index (χ1n) is 6.36. The van der Waals surface area contributed by atoms with Gasteiger partial charge in [-0.1, -0.05) is 20.8 Å². The van der Waals surface area contributed by atoms with Crippen molar-refractivity contribution in [1.82, 2.24) is 4.90 Å². The Morgan fingerprint density at radius 1 is 0.905 bits per heavy atom. The molecule has 0 aromatic heterocycles. The van der Waals surface area contributed by atoms with E-state index in [2.05, 4.69) is 9.47 Å². The second-order valence-electron chi connectivity index (χ2n) is 5.66. The third-order valence-electron chi connectivity index (χ3n) is 2.50. The van der Waals surface area contributed by atoms with Crippen molar-refractivity contribution >= 4 is 17.7 Å². The fourth-order valence-electron chi connectivity index (χ4n) is 1.30. The fraction of sp³-hybridized carbons (Fsp3) is 0.533. The van der Waals surface area contributed by atoms with Crippen LogP contribution in [0.1, 0.15) is 20.8 Å². The van der Waals surface area contributed by atoms with Gasteiger partial charge >= 0.3 is 11.9 Å². The van der Waals surface area contributed by atoms with Crippen LogP contribution in [0.25, 0.3) is 0 Å². The molecule has 0 aromatic carbocycles. The zero-order chi connectivity index (χ0) is 16.8. The molecule has 118 valence electrons. The van der Waals surface area contributed by atoms with Crippen LogP contribution in [0.3, 0.4) is 0 Å². The SMILES string of the molecule is COC(=O)C(=C/C(=O)C(C)(C)C)/C(=C\N(C)C)C(=O)OC.